The van der Waals surface area contributed by atoms with Gasteiger partial charge in [0.1, 0.15) is 0 Å². The van der Waals surface area contributed by atoms with E-state index in [0.717, 1.165) is 16.5 Å². The van der Waals surface area contributed by atoms with Gasteiger partial charge in [-0.05, 0) is 25.0 Å². The molecule has 82 valence electrons. The maximum Gasteiger partial charge on any atom is 0.272 e. The summed E-state index contributed by atoms with van der Waals surface area (Å²) in [5, 5.41) is 10.7. The van der Waals surface area contributed by atoms with Crippen LogP contribution in [0.2, 0.25) is 0 Å². The summed E-state index contributed by atoms with van der Waals surface area (Å²) in [6.07, 6.45) is 1.44. The molecule has 0 aliphatic rings. The Morgan fingerprint density at radius 2 is 2.27 bits per heavy atom. The molecule has 15 heavy (non-hydrogen) atoms. The maximum atomic E-state index is 10.7. The molecule has 4 nitrogen and oxygen atoms in total. The summed E-state index contributed by atoms with van der Waals surface area (Å²) < 4.78 is 5.77. The highest BCUT2D eigenvalue weighted by Crippen LogP contribution is 2.24. The van der Waals surface area contributed by atoms with E-state index in [1.54, 1.807) is 19.2 Å². The molecule has 0 aliphatic carbocycles. The zero-order chi connectivity index (χ0) is 11.3. The van der Waals surface area contributed by atoms with Gasteiger partial charge in [-0.3, -0.25) is 10.1 Å². The van der Waals surface area contributed by atoms with Gasteiger partial charge in [-0.2, -0.15) is 0 Å². The number of hydrogen-bond acceptors (Lipinski definition) is 3. The molecule has 0 spiro atoms. The zero-order valence-corrected chi connectivity index (χ0v) is 9.99. The normalized spacial score (nSPS) is 10.3. The summed E-state index contributed by atoms with van der Waals surface area (Å²) in [4.78, 5) is 10.4. The zero-order valence-electron chi connectivity index (χ0n) is 8.40. The maximum absolute atomic E-state index is 10.7. The van der Waals surface area contributed by atoms with Gasteiger partial charge in [-0.15, -0.1) is 0 Å². The van der Waals surface area contributed by atoms with Gasteiger partial charge < -0.3 is 4.74 Å². The molecule has 0 heterocycles. The first-order chi connectivity index (χ1) is 7.15. The highest BCUT2D eigenvalue weighted by molar-refractivity contribution is 9.10. The van der Waals surface area contributed by atoms with Crippen molar-refractivity contribution < 1.29 is 9.66 Å². The number of methoxy groups -OCH3 is 1. The van der Waals surface area contributed by atoms with Crippen LogP contribution in [0.4, 0.5) is 5.69 Å². The van der Waals surface area contributed by atoms with Crippen molar-refractivity contribution in [2.45, 2.75) is 12.8 Å². The van der Waals surface area contributed by atoms with Crippen molar-refractivity contribution in [3.8, 4) is 0 Å². The van der Waals surface area contributed by atoms with E-state index >= 15 is 0 Å². The molecule has 0 N–H and O–H groups in total. The van der Waals surface area contributed by atoms with E-state index in [9.17, 15) is 10.1 Å². The number of hydrogen-bond donors (Lipinski definition) is 0. The topological polar surface area (TPSA) is 52.4 Å². The minimum absolute atomic E-state index is 0.175. The SMILES string of the molecule is COCCCc1cc(Br)ccc1[N+](=O)[O-]. The molecule has 0 radical (unpaired) electrons. The summed E-state index contributed by atoms with van der Waals surface area (Å²) in [7, 11) is 1.62. The second-order valence-electron chi connectivity index (χ2n) is 3.13. The van der Waals surface area contributed by atoms with Gasteiger partial charge in [0.05, 0.1) is 4.92 Å². The van der Waals surface area contributed by atoms with Gasteiger partial charge in [0.2, 0.25) is 0 Å². The number of nitrogens with zero attached hydrogens (tertiary/aromatic N) is 1. The Kier molecular flexibility index (Phi) is 4.71. The van der Waals surface area contributed by atoms with E-state index in [1.807, 2.05) is 0 Å². The van der Waals surface area contributed by atoms with Gasteiger partial charge >= 0.3 is 0 Å². The summed E-state index contributed by atoms with van der Waals surface area (Å²) in [6, 6.07) is 4.98. The lowest BCUT2D eigenvalue weighted by atomic mass is 10.1. The van der Waals surface area contributed by atoms with Crippen LogP contribution in [-0.2, 0) is 11.2 Å². The molecule has 1 rings (SSSR count). The summed E-state index contributed by atoms with van der Waals surface area (Å²) in [5.74, 6) is 0. The molecule has 0 saturated heterocycles. The molecule has 0 unspecified atom stereocenters. The van der Waals surface area contributed by atoms with Crippen LogP contribution in [0.3, 0.4) is 0 Å². The van der Waals surface area contributed by atoms with Crippen molar-refractivity contribution in [1.82, 2.24) is 0 Å². The number of rotatable bonds is 5. The second-order valence-corrected chi connectivity index (χ2v) is 4.04. The minimum Gasteiger partial charge on any atom is -0.385 e. The number of ether oxygens (including phenoxy) is 1. The third kappa shape index (κ3) is 3.60. The Bertz CT molecular complexity index is 355. The molecule has 0 saturated carbocycles. The molecule has 1 aromatic rings. The molecular weight excluding hydrogens is 262 g/mol. The number of aryl methyl sites for hydroxylation is 1. The number of nitro groups is 1. The summed E-state index contributed by atoms with van der Waals surface area (Å²) in [6.45, 7) is 0.615. The summed E-state index contributed by atoms with van der Waals surface area (Å²) in [5.41, 5.74) is 0.917. The van der Waals surface area contributed by atoms with Crippen molar-refractivity contribution >= 4 is 21.6 Å². The van der Waals surface area contributed by atoms with Crippen LogP contribution in [0.1, 0.15) is 12.0 Å². The Hall–Kier alpha value is -0.940. The molecule has 0 aromatic heterocycles. The lowest BCUT2D eigenvalue weighted by Crippen LogP contribution is -1.98. The highest BCUT2D eigenvalue weighted by atomic mass is 79.9. The smallest absolute Gasteiger partial charge is 0.272 e. The molecule has 0 atom stereocenters. The molecular formula is C10H12BrNO3. The fraction of sp³-hybridized carbons (Fsp3) is 0.400. The van der Waals surface area contributed by atoms with E-state index in [-0.39, 0.29) is 10.6 Å². The molecule has 0 aliphatic heterocycles. The van der Waals surface area contributed by atoms with Crippen LogP contribution in [-0.4, -0.2) is 18.6 Å². The number of benzene rings is 1. The van der Waals surface area contributed by atoms with Crippen molar-refractivity contribution in [3.05, 3.63) is 38.3 Å². The number of nitro benzene ring substituents is 1. The Morgan fingerprint density at radius 3 is 2.87 bits per heavy atom. The largest absolute Gasteiger partial charge is 0.385 e. The van der Waals surface area contributed by atoms with Gasteiger partial charge in [0.15, 0.2) is 0 Å². The highest BCUT2D eigenvalue weighted by Gasteiger charge is 2.12. The van der Waals surface area contributed by atoms with E-state index in [4.69, 9.17) is 4.74 Å². The monoisotopic (exact) mass is 273 g/mol. The van der Waals surface area contributed by atoms with E-state index in [1.165, 1.54) is 6.07 Å². The quantitative estimate of drug-likeness (QED) is 0.471. The predicted molar refractivity (Wildman–Crippen MR) is 61.0 cm³/mol. The minimum atomic E-state index is -0.353. The first-order valence-corrected chi connectivity index (χ1v) is 5.36. The van der Waals surface area contributed by atoms with E-state index < -0.39 is 0 Å². The summed E-state index contributed by atoms with van der Waals surface area (Å²) >= 11 is 3.30. The first-order valence-electron chi connectivity index (χ1n) is 4.57. The average molecular weight is 274 g/mol. The standard InChI is InChI=1S/C10H12BrNO3/c1-15-6-2-3-8-7-9(11)4-5-10(8)12(13)14/h4-5,7H,2-3,6H2,1H3. The van der Waals surface area contributed by atoms with Crippen LogP contribution >= 0.6 is 15.9 Å². The van der Waals surface area contributed by atoms with E-state index in [2.05, 4.69) is 15.9 Å². The molecule has 0 amide bonds. The van der Waals surface area contributed by atoms with Gasteiger partial charge in [-0.25, -0.2) is 0 Å². The van der Waals surface area contributed by atoms with Crippen molar-refractivity contribution in [2.24, 2.45) is 0 Å². The van der Waals surface area contributed by atoms with Crippen LogP contribution in [0.25, 0.3) is 0 Å². The lowest BCUT2D eigenvalue weighted by Gasteiger charge is -2.03. The van der Waals surface area contributed by atoms with Crippen molar-refractivity contribution in [2.75, 3.05) is 13.7 Å². The van der Waals surface area contributed by atoms with Crippen LogP contribution in [0.5, 0.6) is 0 Å². The average Bonchev–Trinajstić information content (AvgIpc) is 2.18. The van der Waals surface area contributed by atoms with Crippen LogP contribution < -0.4 is 0 Å². The third-order valence-corrected chi connectivity index (χ3v) is 2.53. The third-order valence-electron chi connectivity index (χ3n) is 2.03. The molecule has 1 aromatic carbocycles. The van der Waals surface area contributed by atoms with E-state index in [0.29, 0.717) is 13.0 Å². The Balaban J connectivity index is 2.82. The lowest BCUT2D eigenvalue weighted by molar-refractivity contribution is -0.385. The van der Waals surface area contributed by atoms with Crippen LogP contribution in [0, 0.1) is 10.1 Å². The Morgan fingerprint density at radius 1 is 1.53 bits per heavy atom. The van der Waals surface area contributed by atoms with Crippen molar-refractivity contribution in [3.63, 3.8) is 0 Å². The van der Waals surface area contributed by atoms with Gasteiger partial charge in [0, 0.05) is 29.8 Å². The molecule has 0 bridgehead atoms. The van der Waals surface area contributed by atoms with Gasteiger partial charge in [0.25, 0.3) is 5.69 Å². The second kappa shape index (κ2) is 5.82. The van der Waals surface area contributed by atoms with Crippen molar-refractivity contribution in [1.29, 1.82) is 0 Å². The van der Waals surface area contributed by atoms with Crippen LogP contribution in [0.15, 0.2) is 22.7 Å². The van der Waals surface area contributed by atoms with Gasteiger partial charge in [-0.1, -0.05) is 15.9 Å². The Labute approximate surface area is 96.5 Å². The molecule has 0 fully saturated rings. The first kappa shape index (κ1) is 12.1. The fourth-order valence-electron chi connectivity index (χ4n) is 1.34. The number of halogens is 1. The fourth-order valence-corrected chi connectivity index (χ4v) is 1.75. The molecule has 5 heteroatoms. The predicted octanol–water partition coefficient (Wildman–Crippen LogP) is 2.94.